The molecule has 1 aliphatic heterocycles. The van der Waals surface area contributed by atoms with E-state index in [-0.39, 0.29) is 24.7 Å². The third-order valence-corrected chi connectivity index (χ3v) is 8.75. The summed E-state index contributed by atoms with van der Waals surface area (Å²) in [5, 5.41) is 19.1. The van der Waals surface area contributed by atoms with Crippen LogP contribution in [-0.4, -0.2) is 52.9 Å². The molecule has 6 rings (SSSR count). The molecule has 46 heavy (non-hydrogen) atoms. The number of hydrogen-bond donors (Lipinski definition) is 4. The second-order valence-corrected chi connectivity index (χ2v) is 12.0. The number of aliphatic hydroxyl groups is 2. The second-order valence-electron chi connectivity index (χ2n) is 12.0. The maximum atomic E-state index is 14.5. The van der Waals surface area contributed by atoms with Gasteiger partial charge in [-0.3, -0.25) is 10.2 Å². The summed E-state index contributed by atoms with van der Waals surface area (Å²) in [5.74, 6) is 0.781. The first kappa shape index (κ1) is 31.5. The summed E-state index contributed by atoms with van der Waals surface area (Å²) in [4.78, 5) is 19.6. The highest BCUT2D eigenvalue weighted by Crippen LogP contribution is 2.43. The number of carbonyl (C=O) groups is 1. The molecule has 2 aliphatic rings. The zero-order valence-electron chi connectivity index (χ0n) is 25.8. The van der Waals surface area contributed by atoms with Crippen LogP contribution < -0.4 is 15.6 Å². The molecule has 0 unspecified atom stereocenters. The van der Waals surface area contributed by atoms with Crippen LogP contribution in [0, 0.1) is 0 Å². The molecule has 1 amide bonds. The maximum Gasteiger partial charge on any atom is 0.266 e. The minimum atomic E-state index is -1.32. The Morgan fingerprint density at radius 1 is 0.826 bits per heavy atom. The van der Waals surface area contributed by atoms with Gasteiger partial charge in [-0.1, -0.05) is 84.9 Å². The van der Waals surface area contributed by atoms with Gasteiger partial charge in [-0.05, 0) is 72.2 Å². The topological polar surface area (TPSA) is 112 Å². The normalized spacial score (nSPS) is 22.5. The highest BCUT2D eigenvalue weighted by Gasteiger charge is 2.53. The molecule has 0 bridgehead atoms. The number of benzene rings is 4. The van der Waals surface area contributed by atoms with E-state index in [4.69, 9.17) is 19.6 Å². The maximum absolute atomic E-state index is 14.5. The summed E-state index contributed by atoms with van der Waals surface area (Å²) < 4.78 is 12.4. The SMILES string of the molecule is O=C(NNC1CCC(O)CC1)[C@@]1(Cc2ccccc2)N=C(c2ccc(OCCCO)cc2)O[C@H]1c1ccc(-c2ccccc2)cc1. The lowest BCUT2D eigenvalue weighted by Gasteiger charge is -2.32. The van der Waals surface area contributed by atoms with Crippen molar-refractivity contribution in [3.05, 3.63) is 126 Å². The molecule has 2 atom stereocenters. The molecule has 4 aromatic rings. The zero-order valence-corrected chi connectivity index (χ0v) is 25.8. The number of ether oxygens (including phenoxy) is 2. The molecule has 0 aromatic heterocycles. The van der Waals surface area contributed by atoms with Crippen LogP contribution in [0.4, 0.5) is 0 Å². The fourth-order valence-electron chi connectivity index (χ4n) is 6.17. The van der Waals surface area contributed by atoms with Gasteiger partial charge in [0.25, 0.3) is 5.91 Å². The van der Waals surface area contributed by atoms with E-state index in [9.17, 15) is 9.90 Å². The Kier molecular flexibility index (Phi) is 10.1. The Labute approximate surface area is 270 Å². The van der Waals surface area contributed by atoms with Crippen LogP contribution in [0.25, 0.3) is 11.1 Å². The Hall–Kier alpha value is -4.50. The molecular weight excluding hydrogens is 578 g/mol. The minimum absolute atomic E-state index is 0.0638. The number of carbonyl (C=O) groups excluding carboxylic acids is 1. The van der Waals surface area contributed by atoms with Gasteiger partial charge in [0.2, 0.25) is 5.90 Å². The van der Waals surface area contributed by atoms with E-state index in [0.29, 0.717) is 43.9 Å². The van der Waals surface area contributed by atoms with Gasteiger partial charge >= 0.3 is 0 Å². The van der Waals surface area contributed by atoms with E-state index < -0.39 is 11.6 Å². The fraction of sp³-hybridized carbons (Fsp3) is 0.316. The van der Waals surface area contributed by atoms with Crippen molar-refractivity contribution < 1.29 is 24.5 Å². The van der Waals surface area contributed by atoms with E-state index in [1.807, 2.05) is 84.9 Å². The number of nitrogens with one attached hydrogen (secondary N) is 2. The first-order chi connectivity index (χ1) is 22.5. The fourth-order valence-corrected chi connectivity index (χ4v) is 6.17. The first-order valence-electron chi connectivity index (χ1n) is 16.1. The predicted octanol–water partition coefficient (Wildman–Crippen LogP) is 5.54. The highest BCUT2D eigenvalue weighted by molar-refractivity contribution is 6.01. The summed E-state index contributed by atoms with van der Waals surface area (Å²) >= 11 is 0. The third-order valence-electron chi connectivity index (χ3n) is 8.75. The third kappa shape index (κ3) is 7.31. The monoisotopic (exact) mass is 619 g/mol. The quantitative estimate of drug-likeness (QED) is 0.122. The van der Waals surface area contributed by atoms with Crippen LogP contribution in [0.3, 0.4) is 0 Å². The average Bonchev–Trinajstić information content (AvgIpc) is 3.49. The van der Waals surface area contributed by atoms with Crippen molar-refractivity contribution in [2.24, 2.45) is 4.99 Å². The molecule has 0 saturated heterocycles. The molecule has 1 saturated carbocycles. The van der Waals surface area contributed by atoms with Gasteiger partial charge in [0.1, 0.15) is 5.75 Å². The molecule has 1 heterocycles. The van der Waals surface area contributed by atoms with Gasteiger partial charge in [-0.15, -0.1) is 0 Å². The number of hydrazine groups is 1. The van der Waals surface area contributed by atoms with Crippen molar-refractivity contribution in [1.82, 2.24) is 10.9 Å². The Bertz CT molecular complexity index is 1590. The molecule has 238 valence electrons. The van der Waals surface area contributed by atoms with Crippen LogP contribution in [0.5, 0.6) is 5.75 Å². The van der Waals surface area contributed by atoms with E-state index in [1.54, 1.807) is 0 Å². The van der Waals surface area contributed by atoms with E-state index in [1.165, 1.54) is 0 Å². The van der Waals surface area contributed by atoms with Crippen LogP contribution in [0.15, 0.2) is 114 Å². The van der Waals surface area contributed by atoms with Crippen LogP contribution in [-0.2, 0) is 16.0 Å². The number of hydrogen-bond acceptors (Lipinski definition) is 7. The lowest BCUT2D eigenvalue weighted by molar-refractivity contribution is -0.130. The van der Waals surface area contributed by atoms with Crippen molar-refractivity contribution >= 4 is 11.8 Å². The number of rotatable bonds is 12. The molecule has 1 fully saturated rings. The van der Waals surface area contributed by atoms with Gasteiger partial charge in [-0.2, -0.15) is 0 Å². The molecular formula is C38H41N3O5. The van der Waals surface area contributed by atoms with Crippen LogP contribution in [0.1, 0.15) is 54.9 Å². The summed E-state index contributed by atoms with van der Waals surface area (Å²) in [6.45, 7) is 0.487. The second kappa shape index (κ2) is 14.7. The van der Waals surface area contributed by atoms with Gasteiger partial charge < -0.3 is 19.7 Å². The van der Waals surface area contributed by atoms with Crippen molar-refractivity contribution in [2.75, 3.05) is 13.2 Å². The largest absolute Gasteiger partial charge is 0.494 e. The molecule has 4 N–H and O–H groups in total. The zero-order chi connectivity index (χ0) is 31.8. The lowest BCUT2D eigenvalue weighted by Crippen LogP contribution is -2.56. The van der Waals surface area contributed by atoms with Gasteiger partial charge in [0, 0.05) is 31.1 Å². The number of aliphatic hydroxyl groups excluding tert-OH is 2. The number of aliphatic imine (C=N–C) groups is 1. The smallest absolute Gasteiger partial charge is 0.266 e. The highest BCUT2D eigenvalue weighted by atomic mass is 16.5. The average molecular weight is 620 g/mol. The first-order valence-corrected chi connectivity index (χ1v) is 16.1. The van der Waals surface area contributed by atoms with Crippen molar-refractivity contribution in [1.29, 1.82) is 0 Å². The molecule has 0 radical (unpaired) electrons. The molecule has 8 nitrogen and oxygen atoms in total. The van der Waals surface area contributed by atoms with Gasteiger partial charge in [0.15, 0.2) is 11.6 Å². The van der Waals surface area contributed by atoms with Gasteiger partial charge in [0.05, 0.1) is 12.7 Å². The molecule has 8 heteroatoms. The van der Waals surface area contributed by atoms with E-state index >= 15 is 0 Å². The summed E-state index contributed by atoms with van der Waals surface area (Å²) in [6, 6.07) is 35.7. The molecule has 1 aliphatic carbocycles. The summed E-state index contributed by atoms with van der Waals surface area (Å²) in [6.07, 6.45) is 2.82. The van der Waals surface area contributed by atoms with Crippen LogP contribution >= 0.6 is 0 Å². The Morgan fingerprint density at radius 3 is 2.13 bits per heavy atom. The lowest BCUT2D eigenvalue weighted by atomic mass is 9.82. The van der Waals surface area contributed by atoms with Gasteiger partial charge in [-0.25, -0.2) is 10.4 Å². The van der Waals surface area contributed by atoms with E-state index in [0.717, 1.165) is 40.7 Å². The minimum Gasteiger partial charge on any atom is -0.494 e. The van der Waals surface area contributed by atoms with Crippen LogP contribution in [0.2, 0.25) is 0 Å². The standard InChI is InChI=1S/C38H41N3O5/c42-24-7-25-45-34-22-16-31(17-23-34)36-39-38(26-27-8-3-1-4-9-27,37(44)41-40-32-18-20-33(43)21-19-32)35(46-36)30-14-12-29(13-15-30)28-10-5-2-6-11-28/h1-6,8-17,22-23,32-33,35,40,42-43H,7,18-21,24-26H2,(H,41,44)/t32?,33?,35-,38-/m0/s1. The Morgan fingerprint density at radius 2 is 1.46 bits per heavy atom. The van der Waals surface area contributed by atoms with Crippen molar-refractivity contribution in [3.63, 3.8) is 0 Å². The Balaban J connectivity index is 1.36. The summed E-state index contributed by atoms with van der Waals surface area (Å²) in [7, 11) is 0. The summed E-state index contributed by atoms with van der Waals surface area (Å²) in [5.41, 5.74) is 9.66. The predicted molar refractivity (Wildman–Crippen MR) is 178 cm³/mol. The van der Waals surface area contributed by atoms with E-state index in [2.05, 4.69) is 35.1 Å². The van der Waals surface area contributed by atoms with Crippen molar-refractivity contribution in [2.45, 2.75) is 62.3 Å². The number of amides is 1. The molecule has 0 spiro atoms. The van der Waals surface area contributed by atoms with Crippen molar-refractivity contribution in [3.8, 4) is 16.9 Å². The molecule has 4 aromatic carbocycles. The number of nitrogens with zero attached hydrogens (tertiary/aromatic N) is 1.